The SMILES string of the molecule is [B]=C(NC[B]C)NC[B]C(=O)C(CC(C)C)NC(=O)[C@@H](NC(=O)C(CC(=O)O)NC(=O)[C@@H](N)CCCN=C(N)N)C(C)C. The Morgan fingerprint density at radius 3 is 2.05 bits per heavy atom. The van der Waals surface area contributed by atoms with Crippen molar-refractivity contribution in [3.63, 3.8) is 0 Å². The average Bonchev–Trinajstić information content (AvgIpc) is 2.90. The molecule has 12 N–H and O–H groups in total. The maximum atomic E-state index is 13.3. The predicted octanol–water partition coefficient (Wildman–Crippen LogP) is -3.67. The van der Waals surface area contributed by atoms with Gasteiger partial charge < -0.3 is 27.6 Å². The van der Waals surface area contributed by atoms with E-state index in [-0.39, 0.29) is 37.0 Å². The van der Waals surface area contributed by atoms with Gasteiger partial charge in [-0.2, -0.15) is 0 Å². The second-order valence-electron chi connectivity index (χ2n) is 10.8. The molecule has 0 rings (SSSR count). The van der Waals surface area contributed by atoms with Crippen molar-refractivity contribution in [3.05, 3.63) is 0 Å². The number of rotatable bonds is 23. The number of carboxylic acids is 1. The van der Waals surface area contributed by atoms with Gasteiger partial charge in [-0.3, -0.25) is 14.6 Å². The molecule has 0 aromatic heterocycles. The Kier molecular flexibility index (Phi) is 19.4. The number of amides is 3. The van der Waals surface area contributed by atoms with E-state index in [2.05, 4.69) is 31.6 Å². The molecule has 18 heteroatoms. The van der Waals surface area contributed by atoms with Gasteiger partial charge in [-0.25, -0.2) is 0 Å². The van der Waals surface area contributed by atoms with E-state index in [1.165, 1.54) is 7.28 Å². The molecule has 4 atom stereocenters. The Hall–Kier alpha value is -3.56. The first-order valence-electron chi connectivity index (χ1n) is 14.3. The fourth-order valence-corrected chi connectivity index (χ4v) is 3.76. The molecule has 0 spiro atoms. The summed E-state index contributed by atoms with van der Waals surface area (Å²) in [6.45, 7) is 9.25. The van der Waals surface area contributed by atoms with Crippen LogP contribution in [0.15, 0.2) is 4.99 Å². The Bertz CT molecular complexity index is 980. The van der Waals surface area contributed by atoms with Gasteiger partial charge in [-0.05, 0) is 12.8 Å². The van der Waals surface area contributed by atoms with Crippen LogP contribution < -0.4 is 43.8 Å². The van der Waals surface area contributed by atoms with E-state index in [1.807, 2.05) is 28.0 Å². The van der Waals surface area contributed by atoms with Crippen LogP contribution in [0, 0.1) is 11.8 Å². The Morgan fingerprint density at radius 2 is 1.51 bits per heavy atom. The van der Waals surface area contributed by atoms with E-state index in [9.17, 15) is 29.1 Å². The molecule has 0 aromatic rings. The topological polar surface area (TPSA) is 256 Å². The van der Waals surface area contributed by atoms with Crippen molar-refractivity contribution < 1.29 is 29.1 Å². The van der Waals surface area contributed by atoms with Gasteiger partial charge in [0.05, 0.1) is 12.5 Å². The third-order valence-corrected chi connectivity index (χ3v) is 6.02. The third kappa shape index (κ3) is 17.9. The molecule has 0 aromatic carbocycles. The van der Waals surface area contributed by atoms with Gasteiger partial charge in [0.2, 0.25) is 5.91 Å². The number of carbonyl (C=O) groups is 5. The molecule has 2 unspecified atom stereocenters. The van der Waals surface area contributed by atoms with Crippen molar-refractivity contribution in [3.8, 4) is 0 Å². The first-order valence-corrected chi connectivity index (χ1v) is 14.3. The maximum absolute atomic E-state index is 13.3. The molecule has 43 heavy (non-hydrogen) atoms. The van der Waals surface area contributed by atoms with Gasteiger partial charge in [0.1, 0.15) is 0 Å². The first kappa shape index (κ1) is 39.4. The van der Waals surface area contributed by atoms with Gasteiger partial charge in [0.15, 0.2) is 5.96 Å². The molecule has 0 fully saturated rings. The van der Waals surface area contributed by atoms with Crippen molar-refractivity contribution >= 4 is 63.1 Å². The van der Waals surface area contributed by atoms with Crippen LogP contribution in [-0.4, -0.2) is 112 Å². The molecule has 0 aliphatic rings. The predicted molar refractivity (Wildman–Crippen MR) is 169 cm³/mol. The van der Waals surface area contributed by atoms with Crippen molar-refractivity contribution in [1.29, 1.82) is 0 Å². The summed E-state index contributed by atoms with van der Waals surface area (Å²) in [6.07, 6.45) is 0.821. The number of guanidine groups is 1. The summed E-state index contributed by atoms with van der Waals surface area (Å²) in [5.74, 6) is -4.11. The summed E-state index contributed by atoms with van der Waals surface area (Å²) in [5, 5.41) is 22.7. The summed E-state index contributed by atoms with van der Waals surface area (Å²) in [5.41, 5.74) is 16.4. The summed E-state index contributed by atoms with van der Waals surface area (Å²) in [7, 11) is 9.03. The second kappa shape index (κ2) is 21.2. The zero-order valence-corrected chi connectivity index (χ0v) is 25.8. The number of aliphatic carboxylic acids is 1. The zero-order chi connectivity index (χ0) is 33.1. The minimum absolute atomic E-state index is 0.0555. The van der Waals surface area contributed by atoms with E-state index in [4.69, 9.17) is 24.7 Å². The van der Waals surface area contributed by atoms with Crippen molar-refractivity contribution in [2.75, 3.05) is 19.4 Å². The van der Waals surface area contributed by atoms with Crippen LogP contribution in [0.2, 0.25) is 6.82 Å². The first-order chi connectivity index (χ1) is 20.1. The number of hydrogen-bond donors (Lipinski definition) is 9. The second-order valence-corrected chi connectivity index (χ2v) is 10.8. The molecule has 0 aliphatic heterocycles. The molecule has 0 aliphatic carbocycles. The Balaban J connectivity index is 5.46. The Morgan fingerprint density at radius 1 is 0.907 bits per heavy atom. The minimum atomic E-state index is -1.50. The quantitative estimate of drug-likeness (QED) is 0.0238. The van der Waals surface area contributed by atoms with Crippen LogP contribution in [-0.2, 0) is 24.0 Å². The number of nitrogens with two attached hydrogens (primary N) is 3. The summed E-state index contributed by atoms with van der Waals surface area (Å²) >= 11 is 0. The van der Waals surface area contributed by atoms with E-state index < -0.39 is 60.2 Å². The fraction of sp³-hybridized carbons (Fsp3) is 0.720. The molecular weight excluding hydrogens is 555 g/mol. The van der Waals surface area contributed by atoms with Crippen LogP contribution in [0.3, 0.4) is 0 Å². The van der Waals surface area contributed by atoms with E-state index >= 15 is 0 Å². The molecule has 0 bridgehead atoms. The molecule has 237 valence electrons. The van der Waals surface area contributed by atoms with Gasteiger partial charge >= 0.3 is 171 Å². The third-order valence-electron chi connectivity index (χ3n) is 6.02. The van der Waals surface area contributed by atoms with Gasteiger partial charge in [0, 0.05) is 6.54 Å². The van der Waals surface area contributed by atoms with Crippen molar-refractivity contribution in [1.82, 2.24) is 26.6 Å². The van der Waals surface area contributed by atoms with Crippen LogP contribution in [0.4, 0.5) is 0 Å². The number of aliphatic imine (C=N–C) groups is 1. The molecule has 0 saturated carbocycles. The molecule has 3 radical (unpaired) electrons. The molecule has 15 nitrogen and oxygen atoms in total. The summed E-state index contributed by atoms with van der Waals surface area (Å²) < 4.78 is 0. The van der Waals surface area contributed by atoms with E-state index in [1.54, 1.807) is 13.8 Å². The van der Waals surface area contributed by atoms with Crippen molar-refractivity contribution in [2.45, 2.75) is 84.4 Å². The normalized spacial score (nSPS) is 13.5. The van der Waals surface area contributed by atoms with Gasteiger partial charge in [0.25, 0.3) is 0 Å². The molecule has 3 amide bonds. The monoisotopic (exact) mass is 602 g/mol. The molecule has 0 saturated heterocycles. The van der Waals surface area contributed by atoms with E-state index in [0.717, 1.165) is 0 Å². The van der Waals surface area contributed by atoms with Crippen LogP contribution in [0.1, 0.15) is 53.4 Å². The Labute approximate surface area is 256 Å². The van der Waals surface area contributed by atoms with Crippen molar-refractivity contribution in [2.24, 2.45) is 34.0 Å². The fourth-order valence-electron chi connectivity index (χ4n) is 3.76. The van der Waals surface area contributed by atoms with Gasteiger partial charge in [-0.15, -0.1) is 0 Å². The number of carbonyl (C=O) groups excluding carboxylic acids is 4. The number of nitrogens with zero attached hydrogens (tertiary/aromatic N) is 1. The molecular formula is C25H47B3N9O6. The summed E-state index contributed by atoms with van der Waals surface area (Å²) in [4.78, 5) is 67.2. The number of carboxylic acid groups (broad SMARTS) is 1. The van der Waals surface area contributed by atoms with Crippen LogP contribution >= 0.6 is 0 Å². The van der Waals surface area contributed by atoms with Crippen LogP contribution in [0.5, 0.6) is 0 Å². The zero-order valence-electron chi connectivity index (χ0n) is 25.8. The number of nitrogens with one attached hydrogen (secondary N) is 5. The van der Waals surface area contributed by atoms with E-state index in [0.29, 0.717) is 25.0 Å². The average molecular weight is 602 g/mol. The number of hydrogen-bond acceptors (Lipinski definition) is 9. The van der Waals surface area contributed by atoms with Crippen LogP contribution in [0.25, 0.3) is 0 Å². The van der Waals surface area contributed by atoms with Gasteiger partial charge in [-0.1, -0.05) is 0 Å². The standard InChI is InChI=1S/C25H47B3N9O6/c1-13(2)9-16(20(40)28-12-34-24(26)33-11-27-5)35-23(43)19(14(3)4)37-22(42)17(10-18(38)39)36-21(41)15(29)7-6-8-32-25(30)31/h13-17,19,33-34H,6-12,29H2,1-5H3,(H,35,43)(H,36,41)(H,37,42)(H,38,39)(H4,30,31,32)/t15-,16?,17?,19-/m0/s1. The summed E-state index contributed by atoms with van der Waals surface area (Å²) in [6, 6.07) is -4.56. The molecule has 0 heterocycles.